The van der Waals surface area contributed by atoms with Crippen LogP contribution in [-0.4, -0.2) is 33.8 Å². The van der Waals surface area contributed by atoms with Crippen LogP contribution < -0.4 is 0 Å². The summed E-state index contributed by atoms with van der Waals surface area (Å²) in [6.07, 6.45) is 5.71. The SMILES string of the molecule is Cn1cc(Cl)c(CN(C(=O)[C@H]2CCOC2)[C@@H]2CCCc3ccccc32)n1. The highest BCUT2D eigenvalue weighted by atomic mass is 35.5. The Hall–Kier alpha value is -1.85. The second-order valence-electron chi connectivity index (χ2n) is 7.23. The fraction of sp³-hybridized carbons (Fsp3) is 0.500. The van der Waals surface area contributed by atoms with E-state index in [1.54, 1.807) is 10.9 Å². The van der Waals surface area contributed by atoms with Crippen LogP contribution in [0.5, 0.6) is 0 Å². The third-order valence-electron chi connectivity index (χ3n) is 5.45. The summed E-state index contributed by atoms with van der Waals surface area (Å²) in [5.74, 6) is 0.0949. The Morgan fingerprint density at radius 2 is 2.23 bits per heavy atom. The van der Waals surface area contributed by atoms with Crippen LogP contribution in [0.3, 0.4) is 0 Å². The second kappa shape index (κ2) is 7.41. The Morgan fingerprint density at radius 1 is 1.38 bits per heavy atom. The molecule has 5 nitrogen and oxygen atoms in total. The van der Waals surface area contributed by atoms with Crippen molar-refractivity contribution in [1.29, 1.82) is 0 Å². The van der Waals surface area contributed by atoms with Gasteiger partial charge in [-0.25, -0.2) is 0 Å². The van der Waals surface area contributed by atoms with Gasteiger partial charge in [0.05, 0.1) is 30.1 Å². The first-order valence-electron chi connectivity index (χ1n) is 9.27. The molecule has 0 radical (unpaired) electrons. The number of aryl methyl sites for hydroxylation is 2. The van der Waals surface area contributed by atoms with Crippen molar-refractivity contribution in [2.75, 3.05) is 13.2 Å². The first-order chi connectivity index (χ1) is 12.6. The Labute approximate surface area is 158 Å². The first kappa shape index (κ1) is 17.6. The molecule has 1 amide bonds. The van der Waals surface area contributed by atoms with Crippen molar-refractivity contribution >= 4 is 17.5 Å². The number of rotatable bonds is 4. The van der Waals surface area contributed by atoms with Crippen LogP contribution in [0, 0.1) is 5.92 Å². The van der Waals surface area contributed by atoms with Crippen molar-refractivity contribution in [3.63, 3.8) is 0 Å². The number of carbonyl (C=O) groups excluding carboxylic acids is 1. The van der Waals surface area contributed by atoms with Crippen molar-refractivity contribution in [3.8, 4) is 0 Å². The van der Waals surface area contributed by atoms with E-state index in [9.17, 15) is 4.79 Å². The van der Waals surface area contributed by atoms with Crippen LogP contribution >= 0.6 is 11.6 Å². The molecule has 2 heterocycles. The standard InChI is InChI=1S/C20H24ClN3O2/c1-23-11-17(21)18(22-23)12-24(20(25)15-9-10-26-13-15)19-8-4-6-14-5-2-3-7-16(14)19/h2-3,5,7,11,15,19H,4,6,8-10,12-13H2,1H3/t15-,19+/m0/s1. The highest BCUT2D eigenvalue weighted by Crippen LogP contribution is 2.37. The zero-order valence-corrected chi connectivity index (χ0v) is 15.8. The molecular weight excluding hydrogens is 350 g/mol. The largest absolute Gasteiger partial charge is 0.381 e. The molecule has 1 saturated heterocycles. The van der Waals surface area contributed by atoms with Crippen LogP contribution in [0.4, 0.5) is 0 Å². The molecule has 1 aliphatic heterocycles. The van der Waals surface area contributed by atoms with Gasteiger partial charge in [-0.05, 0) is 36.8 Å². The summed E-state index contributed by atoms with van der Waals surface area (Å²) in [6.45, 7) is 1.61. The molecule has 2 aromatic rings. The van der Waals surface area contributed by atoms with E-state index in [0.29, 0.717) is 24.8 Å². The summed E-state index contributed by atoms with van der Waals surface area (Å²) < 4.78 is 7.17. The quantitative estimate of drug-likeness (QED) is 0.823. The number of halogens is 1. The van der Waals surface area contributed by atoms with Crippen LogP contribution in [0.25, 0.3) is 0 Å². The summed E-state index contributed by atoms with van der Waals surface area (Å²) in [4.78, 5) is 15.3. The van der Waals surface area contributed by atoms with E-state index in [2.05, 4.69) is 29.4 Å². The maximum Gasteiger partial charge on any atom is 0.228 e. The molecular formula is C20H24ClN3O2. The molecule has 6 heteroatoms. The molecule has 4 rings (SSSR count). The number of amides is 1. The Morgan fingerprint density at radius 3 is 2.96 bits per heavy atom. The van der Waals surface area contributed by atoms with Crippen LogP contribution in [0.2, 0.25) is 5.02 Å². The molecule has 2 atom stereocenters. The molecule has 0 N–H and O–H groups in total. The van der Waals surface area contributed by atoms with E-state index >= 15 is 0 Å². The van der Waals surface area contributed by atoms with Crippen molar-refractivity contribution in [2.24, 2.45) is 13.0 Å². The lowest BCUT2D eigenvalue weighted by molar-refractivity contribution is -0.139. The molecule has 1 fully saturated rings. The van der Waals surface area contributed by atoms with Crippen molar-refractivity contribution in [3.05, 3.63) is 52.3 Å². The van der Waals surface area contributed by atoms with Crippen LogP contribution in [0.1, 0.15) is 42.1 Å². The number of hydrogen-bond acceptors (Lipinski definition) is 3. The van der Waals surface area contributed by atoms with Gasteiger partial charge in [0, 0.05) is 19.9 Å². The molecule has 0 bridgehead atoms. The first-order valence-corrected chi connectivity index (χ1v) is 9.65. The third-order valence-corrected chi connectivity index (χ3v) is 5.77. The smallest absolute Gasteiger partial charge is 0.228 e. The minimum Gasteiger partial charge on any atom is -0.381 e. The summed E-state index contributed by atoms with van der Waals surface area (Å²) in [6, 6.07) is 8.55. The zero-order valence-electron chi connectivity index (χ0n) is 15.0. The fourth-order valence-electron chi connectivity index (χ4n) is 4.13. The van der Waals surface area contributed by atoms with Crippen molar-refractivity contribution in [2.45, 2.75) is 38.3 Å². The number of carbonyl (C=O) groups is 1. The Kier molecular flexibility index (Phi) is 5.00. The summed E-state index contributed by atoms with van der Waals surface area (Å²) in [5.41, 5.74) is 3.36. The van der Waals surface area contributed by atoms with Gasteiger partial charge in [-0.2, -0.15) is 5.10 Å². The van der Waals surface area contributed by atoms with E-state index < -0.39 is 0 Å². The molecule has 1 aromatic heterocycles. The zero-order chi connectivity index (χ0) is 18.1. The lowest BCUT2D eigenvalue weighted by Crippen LogP contribution is -2.40. The summed E-state index contributed by atoms with van der Waals surface area (Å²) in [5, 5.41) is 5.08. The molecule has 138 valence electrons. The van der Waals surface area contributed by atoms with Gasteiger partial charge >= 0.3 is 0 Å². The van der Waals surface area contributed by atoms with Gasteiger partial charge in [0.15, 0.2) is 0 Å². The number of aromatic nitrogens is 2. The van der Waals surface area contributed by atoms with Gasteiger partial charge < -0.3 is 9.64 Å². The van der Waals surface area contributed by atoms with E-state index in [-0.39, 0.29) is 17.9 Å². The predicted octanol–water partition coefficient (Wildman–Crippen LogP) is 3.52. The molecule has 1 aromatic carbocycles. The molecule has 1 aliphatic carbocycles. The Balaban J connectivity index is 1.68. The van der Waals surface area contributed by atoms with Crippen LogP contribution in [-0.2, 0) is 29.5 Å². The van der Waals surface area contributed by atoms with Gasteiger partial charge in [-0.3, -0.25) is 9.48 Å². The van der Waals surface area contributed by atoms with E-state index in [0.717, 1.165) is 31.4 Å². The number of nitrogens with zero attached hydrogens (tertiary/aromatic N) is 3. The van der Waals surface area contributed by atoms with Gasteiger partial charge in [-0.15, -0.1) is 0 Å². The molecule has 2 aliphatic rings. The average molecular weight is 374 g/mol. The normalized spacial score (nSPS) is 22.2. The lowest BCUT2D eigenvalue weighted by Gasteiger charge is -2.37. The van der Waals surface area contributed by atoms with E-state index in [4.69, 9.17) is 16.3 Å². The van der Waals surface area contributed by atoms with E-state index in [1.165, 1.54) is 11.1 Å². The highest BCUT2D eigenvalue weighted by Gasteiger charge is 2.35. The van der Waals surface area contributed by atoms with E-state index in [1.807, 2.05) is 11.9 Å². The maximum atomic E-state index is 13.3. The highest BCUT2D eigenvalue weighted by molar-refractivity contribution is 6.31. The van der Waals surface area contributed by atoms with Crippen molar-refractivity contribution in [1.82, 2.24) is 14.7 Å². The summed E-state index contributed by atoms with van der Waals surface area (Å²) >= 11 is 6.35. The molecule has 0 saturated carbocycles. The minimum atomic E-state index is -0.0634. The van der Waals surface area contributed by atoms with Gasteiger partial charge in [0.25, 0.3) is 0 Å². The van der Waals surface area contributed by atoms with Crippen LogP contribution in [0.15, 0.2) is 30.5 Å². The minimum absolute atomic E-state index is 0.0634. The molecule has 26 heavy (non-hydrogen) atoms. The van der Waals surface area contributed by atoms with Gasteiger partial charge in [0.1, 0.15) is 5.69 Å². The maximum absolute atomic E-state index is 13.3. The number of fused-ring (bicyclic) bond motifs is 1. The Bertz CT molecular complexity index is 798. The number of benzene rings is 1. The molecule has 0 unspecified atom stereocenters. The third kappa shape index (κ3) is 3.38. The number of ether oxygens (including phenoxy) is 1. The average Bonchev–Trinajstić information content (AvgIpc) is 3.28. The number of hydrogen-bond donors (Lipinski definition) is 0. The fourth-order valence-corrected chi connectivity index (χ4v) is 4.37. The second-order valence-corrected chi connectivity index (χ2v) is 7.64. The van der Waals surface area contributed by atoms with Crippen molar-refractivity contribution < 1.29 is 9.53 Å². The van der Waals surface area contributed by atoms with Gasteiger partial charge in [-0.1, -0.05) is 35.9 Å². The predicted molar refractivity (Wildman–Crippen MR) is 99.8 cm³/mol. The summed E-state index contributed by atoms with van der Waals surface area (Å²) in [7, 11) is 1.85. The topological polar surface area (TPSA) is 47.4 Å². The molecule has 0 spiro atoms. The lowest BCUT2D eigenvalue weighted by atomic mass is 9.86. The monoisotopic (exact) mass is 373 g/mol. The van der Waals surface area contributed by atoms with Gasteiger partial charge in [0.2, 0.25) is 5.91 Å².